The third-order valence-corrected chi connectivity index (χ3v) is 2.85. The molecular weight excluding hydrogens is 212 g/mol. The highest BCUT2D eigenvalue weighted by Crippen LogP contribution is 2.21. The number of carbonyl (C=O) groups excluding carboxylic acids is 1. The van der Waals surface area contributed by atoms with Crippen LogP contribution in [0.3, 0.4) is 0 Å². The van der Waals surface area contributed by atoms with Crippen LogP contribution in [0.1, 0.15) is 19.2 Å². The fourth-order valence-corrected chi connectivity index (χ4v) is 2.03. The smallest absolute Gasteiger partial charge is 0.251 e. The summed E-state index contributed by atoms with van der Waals surface area (Å²) >= 11 is 4.29. The van der Waals surface area contributed by atoms with E-state index in [0.29, 0.717) is 18.9 Å². The van der Waals surface area contributed by atoms with E-state index in [2.05, 4.69) is 22.7 Å². The fraction of sp³-hybridized carbons (Fsp3) is 0.667. The number of carbonyl (C=O) groups is 1. The van der Waals surface area contributed by atoms with Gasteiger partial charge in [-0.15, -0.1) is 5.10 Å². The van der Waals surface area contributed by atoms with E-state index in [4.69, 9.17) is 0 Å². The molecule has 0 spiro atoms. The fourth-order valence-electron chi connectivity index (χ4n) is 1.71. The van der Waals surface area contributed by atoms with Crippen LogP contribution in [0.25, 0.3) is 0 Å². The summed E-state index contributed by atoms with van der Waals surface area (Å²) in [5, 5.41) is 4.33. The van der Waals surface area contributed by atoms with Crippen molar-refractivity contribution in [2.45, 2.75) is 25.0 Å². The Labute approximate surface area is 93.9 Å². The summed E-state index contributed by atoms with van der Waals surface area (Å²) in [6.07, 6.45) is 1.29. The lowest BCUT2D eigenvalue weighted by molar-refractivity contribution is -0.117. The maximum absolute atomic E-state index is 11.6. The van der Waals surface area contributed by atoms with E-state index in [1.807, 2.05) is 14.0 Å². The highest BCUT2D eigenvalue weighted by molar-refractivity contribution is 7.81. The molecule has 1 atom stereocenters. The SMILES string of the molecule is CCc1nc(N2CC(S)CC2=O)nn1C. The predicted molar refractivity (Wildman–Crippen MR) is 60.1 cm³/mol. The number of rotatable bonds is 2. The first-order valence-corrected chi connectivity index (χ1v) is 5.51. The van der Waals surface area contributed by atoms with Crippen LogP contribution in [0.15, 0.2) is 0 Å². The topological polar surface area (TPSA) is 51.0 Å². The third-order valence-electron chi connectivity index (χ3n) is 2.50. The van der Waals surface area contributed by atoms with Gasteiger partial charge in [0.25, 0.3) is 5.95 Å². The Kier molecular flexibility index (Phi) is 2.68. The molecule has 1 aliphatic heterocycles. The molecule has 1 aromatic heterocycles. The normalized spacial score (nSPS) is 21.4. The van der Waals surface area contributed by atoms with Gasteiger partial charge in [0.05, 0.1) is 0 Å². The zero-order valence-electron chi connectivity index (χ0n) is 8.84. The van der Waals surface area contributed by atoms with Crippen molar-refractivity contribution in [2.24, 2.45) is 7.05 Å². The Balaban J connectivity index is 2.26. The van der Waals surface area contributed by atoms with Crippen molar-refractivity contribution < 1.29 is 4.79 Å². The number of amides is 1. The quantitative estimate of drug-likeness (QED) is 0.743. The largest absolute Gasteiger partial charge is 0.278 e. The summed E-state index contributed by atoms with van der Waals surface area (Å²) in [4.78, 5) is 17.5. The second-order valence-electron chi connectivity index (χ2n) is 3.67. The van der Waals surface area contributed by atoms with Crippen molar-refractivity contribution in [2.75, 3.05) is 11.4 Å². The summed E-state index contributed by atoms with van der Waals surface area (Å²) < 4.78 is 1.72. The predicted octanol–water partition coefficient (Wildman–Crippen LogP) is 0.413. The number of thiol groups is 1. The first-order chi connectivity index (χ1) is 7.11. The molecule has 0 bridgehead atoms. The number of anilines is 1. The summed E-state index contributed by atoms with van der Waals surface area (Å²) in [6, 6.07) is 0. The molecule has 5 nitrogen and oxygen atoms in total. The van der Waals surface area contributed by atoms with Crippen molar-refractivity contribution in [1.29, 1.82) is 0 Å². The van der Waals surface area contributed by atoms with Gasteiger partial charge in [-0.3, -0.25) is 14.4 Å². The molecule has 1 unspecified atom stereocenters. The molecule has 1 fully saturated rings. The Bertz CT molecular complexity index is 389. The standard InChI is InChI=1S/C9H14N4OS/c1-3-7-10-9(11-12(7)2)13-5-6(15)4-8(13)14/h6,15H,3-5H2,1-2H3. The van der Waals surface area contributed by atoms with Gasteiger partial charge >= 0.3 is 0 Å². The summed E-state index contributed by atoms with van der Waals surface area (Å²) in [5.41, 5.74) is 0. The molecular formula is C9H14N4OS. The van der Waals surface area contributed by atoms with E-state index in [0.717, 1.165) is 12.2 Å². The van der Waals surface area contributed by atoms with E-state index in [1.165, 1.54) is 0 Å². The average Bonchev–Trinajstić information content (AvgIpc) is 2.69. The van der Waals surface area contributed by atoms with Crippen molar-refractivity contribution in [3.05, 3.63) is 5.82 Å². The van der Waals surface area contributed by atoms with Crippen LogP contribution in [0.4, 0.5) is 5.95 Å². The molecule has 6 heteroatoms. The molecule has 1 aliphatic rings. The summed E-state index contributed by atoms with van der Waals surface area (Å²) in [7, 11) is 1.84. The first kappa shape index (κ1) is 10.5. The zero-order valence-corrected chi connectivity index (χ0v) is 9.74. The highest BCUT2D eigenvalue weighted by atomic mass is 32.1. The summed E-state index contributed by atoms with van der Waals surface area (Å²) in [6.45, 7) is 2.62. The van der Waals surface area contributed by atoms with E-state index < -0.39 is 0 Å². The van der Waals surface area contributed by atoms with Crippen LogP contribution in [0.5, 0.6) is 0 Å². The van der Waals surface area contributed by atoms with Crippen LogP contribution >= 0.6 is 12.6 Å². The van der Waals surface area contributed by atoms with Gasteiger partial charge in [0.15, 0.2) is 0 Å². The summed E-state index contributed by atoms with van der Waals surface area (Å²) in [5.74, 6) is 1.46. The van der Waals surface area contributed by atoms with Crippen molar-refractivity contribution in [1.82, 2.24) is 14.8 Å². The monoisotopic (exact) mass is 226 g/mol. The van der Waals surface area contributed by atoms with Gasteiger partial charge in [0.2, 0.25) is 5.91 Å². The second-order valence-corrected chi connectivity index (χ2v) is 4.40. The van der Waals surface area contributed by atoms with Crippen LogP contribution in [0.2, 0.25) is 0 Å². The van der Waals surface area contributed by atoms with Crippen LogP contribution in [-0.4, -0.2) is 32.5 Å². The molecule has 1 aromatic rings. The van der Waals surface area contributed by atoms with Crippen LogP contribution < -0.4 is 4.90 Å². The van der Waals surface area contributed by atoms with Gasteiger partial charge in [0.1, 0.15) is 5.82 Å². The molecule has 0 N–H and O–H groups in total. The van der Waals surface area contributed by atoms with E-state index in [-0.39, 0.29) is 11.2 Å². The maximum Gasteiger partial charge on any atom is 0.251 e. The lowest BCUT2D eigenvalue weighted by Gasteiger charge is -2.09. The van der Waals surface area contributed by atoms with Crippen molar-refractivity contribution in [3.63, 3.8) is 0 Å². The Morgan fingerprint density at radius 1 is 1.60 bits per heavy atom. The van der Waals surface area contributed by atoms with Gasteiger partial charge in [-0.2, -0.15) is 17.6 Å². The molecule has 15 heavy (non-hydrogen) atoms. The zero-order chi connectivity index (χ0) is 11.0. The highest BCUT2D eigenvalue weighted by Gasteiger charge is 2.31. The Hall–Kier alpha value is -1.04. The Morgan fingerprint density at radius 2 is 2.33 bits per heavy atom. The molecule has 0 radical (unpaired) electrons. The molecule has 2 heterocycles. The first-order valence-electron chi connectivity index (χ1n) is 5.00. The van der Waals surface area contributed by atoms with Gasteiger partial charge < -0.3 is 0 Å². The van der Waals surface area contributed by atoms with Gasteiger partial charge in [-0.25, -0.2) is 0 Å². The minimum absolute atomic E-state index is 0.0586. The third kappa shape index (κ3) is 1.86. The number of aromatic nitrogens is 3. The van der Waals surface area contributed by atoms with Gasteiger partial charge in [-0.1, -0.05) is 6.92 Å². The minimum Gasteiger partial charge on any atom is -0.278 e. The second kappa shape index (κ2) is 3.84. The van der Waals surface area contributed by atoms with Gasteiger partial charge in [0, 0.05) is 31.7 Å². The molecule has 82 valence electrons. The van der Waals surface area contributed by atoms with Crippen molar-refractivity contribution >= 4 is 24.5 Å². The molecule has 2 rings (SSSR count). The van der Waals surface area contributed by atoms with Crippen LogP contribution in [0, 0.1) is 0 Å². The van der Waals surface area contributed by atoms with E-state index >= 15 is 0 Å². The lowest BCUT2D eigenvalue weighted by atomic mass is 10.4. The minimum atomic E-state index is 0.0586. The van der Waals surface area contributed by atoms with Crippen LogP contribution in [-0.2, 0) is 18.3 Å². The Morgan fingerprint density at radius 3 is 2.80 bits per heavy atom. The maximum atomic E-state index is 11.6. The number of hydrogen-bond donors (Lipinski definition) is 1. The van der Waals surface area contributed by atoms with E-state index in [1.54, 1.807) is 9.58 Å². The number of hydrogen-bond acceptors (Lipinski definition) is 4. The molecule has 0 aliphatic carbocycles. The van der Waals surface area contributed by atoms with E-state index in [9.17, 15) is 4.79 Å². The van der Waals surface area contributed by atoms with Crippen molar-refractivity contribution in [3.8, 4) is 0 Å². The average molecular weight is 226 g/mol. The molecule has 0 aromatic carbocycles. The number of nitrogens with zero attached hydrogens (tertiary/aromatic N) is 4. The molecule has 0 saturated carbocycles. The van der Waals surface area contributed by atoms with Gasteiger partial charge in [-0.05, 0) is 0 Å². The lowest BCUT2D eigenvalue weighted by Crippen LogP contribution is -2.25. The molecule has 1 amide bonds. The molecule has 1 saturated heterocycles. The number of aryl methyl sites for hydroxylation is 2.